The number of aryl methyl sites for hydroxylation is 1. The predicted molar refractivity (Wildman–Crippen MR) is 161 cm³/mol. The first-order valence-electron chi connectivity index (χ1n) is 15.3. The number of hydrogen-bond donors (Lipinski definition) is 0. The van der Waals surface area contributed by atoms with E-state index in [-0.39, 0.29) is 17.4 Å². The van der Waals surface area contributed by atoms with Crippen molar-refractivity contribution in [2.45, 2.75) is 64.3 Å². The van der Waals surface area contributed by atoms with Crippen LogP contribution in [-0.4, -0.2) is 71.4 Å². The Hall–Kier alpha value is -4.13. The number of imidazole rings is 1. The molecule has 3 aromatic heterocycles. The number of pyridine rings is 1. The quantitative estimate of drug-likeness (QED) is 0.292. The molecular weight excluding hydrogens is 587 g/mol. The van der Waals surface area contributed by atoms with Gasteiger partial charge in [0.1, 0.15) is 17.8 Å². The van der Waals surface area contributed by atoms with Gasteiger partial charge in [-0.25, -0.2) is 9.59 Å². The molecule has 13 heteroatoms. The molecule has 0 radical (unpaired) electrons. The Balaban J connectivity index is 1.36. The number of benzene rings is 1. The van der Waals surface area contributed by atoms with Crippen LogP contribution in [-0.2, 0) is 24.5 Å². The number of aromatic nitrogens is 5. The van der Waals surface area contributed by atoms with Crippen LogP contribution in [0.1, 0.15) is 68.5 Å². The normalized spacial score (nSPS) is 17.4. The van der Waals surface area contributed by atoms with Crippen LogP contribution < -0.4 is 5.69 Å². The Morgan fingerprint density at radius 2 is 1.80 bits per heavy atom. The molecule has 2 aliphatic heterocycles. The van der Waals surface area contributed by atoms with Gasteiger partial charge in [-0.05, 0) is 76.0 Å². The van der Waals surface area contributed by atoms with Crippen LogP contribution in [0.4, 0.5) is 18.0 Å². The lowest BCUT2D eigenvalue weighted by Crippen LogP contribution is -2.53. The van der Waals surface area contributed by atoms with Gasteiger partial charge in [-0.3, -0.25) is 13.9 Å². The van der Waals surface area contributed by atoms with E-state index in [1.165, 1.54) is 23.0 Å². The van der Waals surface area contributed by atoms with Crippen molar-refractivity contribution in [1.82, 2.24) is 33.5 Å². The highest BCUT2D eigenvalue weighted by molar-refractivity contribution is 5.69. The van der Waals surface area contributed by atoms with E-state index in [0.29, 0.717) is 36.7 Å². The minimum absolute atomic E-state index is 0.0188. The Morgan fingerprint density at radius 1 is 1.07 bits per heavy atom. The Labute approximate surface area is 259 Å². The van der Waals surface area contributed by atoms with E-state index < -0.39 is 29.1 Å². The number of halogens is 3. The van der Waals surface area contributed by atoms with Crippen LogP contribution in [0.15, 0.2) is 53.8 Å². The second-order valence-electron chi connectivity index (χ2n) is 13.2. The maximum Gasteiger partial charge on any atom is 0.418 e. The lowest BCUT2D eigenvalue weighted by atomic mass is 9.80. The van der Waals surface area contributed by atoms with E-state index in [1.807, 2.05) is 38.5 Å². The van der Waals surface area contributed by atoms with Gasteiger partial charge in [0, 0.05) is 45.0 Å². The highest BCUT2D eigenvalue weighted by Gasteiger charge is 2.41. The van der Waals surface area contributed by atoms with Gasteiger partial charge in [0.2, 0.25) is 0 Å². The third-order valence-electron chi connectivity index (χ3n) is 8.55. The van der Waals surface area contributed by atoms with Gasteiger partial charge in [-0.15, -0.1) is 10.2 Å². The second kappa shape index (κ2) is 11.7. The fourth-order valence-corrected chi connectivity index (χ4v) is 6.39. The van der Waals surface area contributed by atoms with Gasteiger partial charge in [-0.1, -0.05) is 18.6 Å². The number of carbonyl (C=O) groups is 1. The summed E-state index contributed by atoms with van der Waals surface area (Å²) in [6.45, 7) is 8.32. The van der Waals surface area contributed by atoms with Gasteiger partial charge in [-0.2, -0.15) is 13.2 Å². The molecule has 0 unspecified atom stereocenters. The van der Waals surface area contributed by atoms with Crippen LogP contribution in [0, 0.1) is 5.92 Å². The molecule has 6 rings (SSSR count). The summed E-state index contributed by atoms with van der Waals surface area (Å²) in [5, 5.41) is 8.41. The first-order valence-corrected chi connectivity index (χ1v) is 15.3. The highest BCUT2D eigenvalue weighted by Crippen LogP contribution is 2.38. The SMILES string of the molecule is Cn1cnnc1[C@@H](c1cccc(-n2cc3c(C(F)(F)F)cc(CN4CCCCC4)cn3c2=O)c1)C1CN(C(=O)OC(C)(C)C)C1. The number of nitrogens with zero attached hydrogens (tertiary/aromatic N) is 7. The van der Waals surface area contributed by atoms with Crippen LogP contribution in [0.25, 0.3) is 11.2 Å². The average molecular weight is 626 g/mol. The standard InChI is InChI=1S/C32H38F3N7O3/c1-31(2,3)45-30(44)40-17-23(18-40)27(28-37-36-20-38(28)4)22-9-8-10-24(14-22)41-19-26-25(32(33,34)35)13-21(16-42(26)29(41)43)15-39-11-6-5-7-12-39/h8-10,13-14,16,19-20,23,27H,5-7,11-12,15,17-18H2,1-4H3/t27-/m0/s1. The van der Waals surface area contributed by atoms with E-state index in [2.05, 4.69) is 15.1 Å². The molecule has 0 N–H and O–H groups in total. The van der Waals surface area contributed by atoms with Crippen molar-refractivity contribution in [3.8, 4) is 5.69 Å². The van der Waals surface area contributed by atoms with Crippen molar-refractivity contribution >= 4 is 11.6 Å². The molecule has 0 bridgehead atoms. The first kappa shape index (κ1) is 30.9. The number of fused-ring (bicyclic) bond motifs is 1. The molecular formula is C32H38F3N7O3. The second-order valence-corrected chi connectivity index (χ2v) is 13.2. The molecule has 0 saturated carbocycles. The average Bonchev–Trinajstić information content (AvgIpc) is 3.51. The zero-order valence-electron chi connectivity index (χ0n) is 25.9. The Bertz CT molecular complexity index is 1760. The number of carbonyl (C=O) groups excluding carboxylic acids is 1. The number of likely N-dealkylation sites (tertiary alicyclic amines) is 2. The van der Waals surface area contributed by atoms with Crippen molar-refractivity contribution in [3.05, 3.63) is 82.1 Å². The molecule has 1 atom stereocenters. The van der Waals surface area contributed by atoms with Crippen molar-refractivity contribution in [3.63, 3.8) is 0 Å². The maximum atomic E-state index is 14.3. The molecule has 1 aromatic carbocycles. The smallest absolute Gasteiger partial charge is 0.418 e. The molecule has 0 spiro atoms. The largest absolute Gasteiger partial charge is 0.444 e. The topological polar surface area (TPSA) is 89.9 Å². The number of hydrogen-bond acceptors (Lipinski definition) is 6. The maximum absolute atomic E-state index is 14.3. The van der Waals surface area contributed by atoms with E-state index in [4.69, 9.17) is 4.74 Å². The highest BCUT2D eigenvalue weighted by atomic mass is 19.4. The van der Waals surface area contributed by atoms with E-state index in [1.54, 1.807) is 29.4 Å². The minimum atomic E-state index is -4.63. The molecule has 45 heavy (non-hydrogen) atoms. The van der Waals surface area contributed by atoms with Gasteiger partial charge < -0.3 is 14.2 Å². The van der Waals surface area contributed by atoms with Gasteiger partial charge in [0.25, 0.3) is 0 Å². The van der Waals surface area contributed by atoms with Crippen molar-refractivity contribution in [2.24, 2.45) is 13.0 Å². The number of alkyl halides is 3. The molecule has 10 nitrogen and oxygen atoms in total. The summed E-state index contributed by atoms with van der Waals surface area (Å²) < 4.78 is 52.6. The van der Waals surface area contributed by atoms with Crippen molar-refractivity contribution < 1.29 is 22.7 Å². The van der Waals surface area contributed by atoms with E-state index >= 15 is 0 Å². The third kappa shape index (κ3) is 6.35. The van der Waals surface area contributed by atoms with Gasteiger partial charge >= 0.3 is 18.0 Å². The number of amides is 1. The lowest BCUT2D eigenvalue weighted by Gasteiger charge is -2.43. The molecule has 1 amide bonds. The molecule has 2 fully saturated rings. The minimum Gasteiger partial charge on any atom is -0.444 e. The van der Waals surface area contributed by atoms with Crippen LogP contribution >= 0.6 is 0 Å². The molecule has 2 aliphatic rings. The first-order chi connectivity index (χ1) is 21.3. The van der Waals surface area contributed by atoms with Crippen LogP contribution in [0.3, 0.4) is 0 Å². The van der Waals surface area contributed by atoms with Crippen molar-refractivity contribution in [1.29, 1.82) is 0 Å². The number of rotatable bonds is 6. The summed E-state index contributed by atoms with van der Waals surface area (Å²) in [4.78, 5) is 30.1. The zero-order chi connectivity index (χ0) is 32.1. The lowest BCUT2D eigenvalue weighted by molar-refractivity contribution is -0.136. The number of piperidine rings is 1. The summed E-state index contributed by atoms with van der Waals surface area (Å²) in [5.74, 6) is 0.373. The molecule has 2 saturated heterocycles. The summed E-state index contributed by atoms with van der Waals surface area (Å²) in [7, 11) is 1.84. The monoisotopic (exact) mass is 625 g/mol. The van der Waals surface area contributed by atoms with E-state index in [0.717, 1.165) is 42.3 Å². The number of ether oxygens (including phenoxy) is 1. The van der Waals surface area contributed by atoms with Crippen LogP contribution in [0.5, 0.6) is 0 Å². The Morgan fingerprint density at radius 3 is 2.44 bits per heavy atom. The summed E-state index contributed by atoms with van der Waals surface area (Å²) in [6.07, 6.45) is 2.50. The zero-order valence-corrected chi connectivity index (χ0v) is 25.9. The van der Waals surface area contributed by atoms with Gasteiger partial charge in [0.05, 0.1) is 22.7 Å². The van der Waals surface area contributed by atoms with Crippen LogP contribution in [0.2, 0.25) is 0 Å². The fraction of sp³-hybridized carbons (Fsp3) is 0.500. The molecule has 0 aliphatic carbocycles. The van der Waals surface area contributed by atoms with Crippen molar-refractivity contribution in [2.75, 3.05) is 26.2 Å². The third-order valence-corrected chi connectivity index (χ3v) is 8.55. The molecule has 4 aromatic rings. The Kier molecular flexibility index (Phi) is 8.00. The molecule has 240 valence electrons. The summed E-state index contributed by atoms with van der Waals surface area (Å²) >= 11 is 0. The van der Waals surface area contributed by atoms with Gasteiger partial charge in [0.15, 0.2) is 0 Å². The summed E-state index contributed by atoms with van der Waals surface area (Å²) in [6, 6.07) is 8.35. The fourth-order valence-electron chi connectivity index (χ4n) is 6.39. The van der Waals surface area contributed by atoms with E-state index in [9.17, 15) is 22.8 Å². The predicted octanol–water partition coefficient (Wildman–Crippen LogP) is 5.22. The summed E-state index contributed by atoms with van der Waals surface area (Å²) in [5.41, 5.74) is -0.539. The molecule has 5 heterocycles.